The third kappa shape index (κ3) is 2.06. The first-order chi connectivity index (χ1) is 9.99. The van der Waals surface area contributed by atoms with Crippen LogP contribution in [0, 0.1) is 20.8 Å². The molecule has 0 radical (unpaired) electrons. The highest BCUT2D eigenvalue weighted by Crippen LogP contribution is 2.31. The maximum Gasteiger partial charge on any atom is 0.268 e. The largest absolute Gasteiger partial charge is 0.465 e. The van der Waals surface area contributed by atoms with Crippen LogP contribution in [-0.2, 0) is 0 Å². The molecule has 0 aliphatic carbocycles. The summed E-state index contributed by atoms with van der Waals surface area (Å²) in [6.45, 7) is 5.39. The standard InChI is InChI=1S/C14H16N4O3/c1-6-4-5-9(21-6)12(10-7(2)15-17-13(10)19)11-8(3)16-18-14(11)20/h4-5,12H,1-3H3,(H2,15,17,19)(H2,16,18,20). The van der Waals surface area contributed by atoms with Crippen LogP contribution in [0.1, 0.15) is 40.0 Å². The summed E-state index contributed by atoms with van der Waals surface area (Å²) in [4.78, 5) is 24.3. The lowest BCUT2D eigenvalue weighted by Crippen LogP contribution is -2.19. The van der Waals surface area contributed by atoms with E-state index in [-0.39, 0.29) is 11.1 Å². The van der Waals surface area contributed by atoms with Crippen molar-refractivity contribution < 1.29 is 4.42 Å². The van der Waals surface area contributed by atoms with Gasteiger partial charge in [-0.05, 0) is 32.9 Å². The van der Waals surface area contributed by atoms with Crippen LogP contribution in [0.2, 0.25) is 0 Å². The summed E-state index contributed by atoms with van der Waals surface area (Å²) in [7, 11) is 0. The predicted molar refractivity (Wildman–Crippen MR) is 76.7 cm³/mol. The van der Waals surface area contributed by atoms with Crippen molar-refractivity contribution in [3.63, 3.8) is 0 Å². The fraction of sp³-hybridized carbons (Fsp3) is 0.286. The Morgan fingerprint density at radius 3 is 1.71 bits per heavy atom. The van der Waals surface area contributed by atoms with Crippen molar-refractivity contribution in [3.8, 4) is 0 Å². The molecule has 0 aliphatic heterocycles. The monoisotopic (exact) mass is 288 g/mol. The van der Waals surface area contributed by atoms with E-state index in [0.29, 0.717) is 28.3 Å². The minimum Gasteiger partial charge on any atom is -0.465 e. The van der Waals surface area contributed by atoms with Gasteiger partial charge >= 0.3 is 0 Å². The molecule has 0 saturated heterocycles. The smallest absolute Gasteiger partial charge is 0.268 e. The molecule has 3 heterocycles. The Morgan fingerprint density at radius 1 is 0.857 bits per heavy atom. The van der Waals surface area contributed by atoms with Gasteiger partial charge in [-0.1, -0.05) is 0 Å². The first-order valence-electron chi connectivity index (χ1n) is 6.59. The molecule has 7 nitrogen and oxygen atoms in total. The highest BCUT2D eigenvalue weighted by molar-refractivity contribution is 5.41. The number of nitrogens with one attached hydrogen (secondary N) is 4. The molecule has 21 heavy (non-hydrogen) atoms. The summed E-state index contributed by atoms with van der Waals surface area (Å²) in [5, 5.41) is 10.7. The van der Waals surface area contributed by atoms with Crippen LogP contribution in [0.5, 0.6) is 0 Å². The van der Waals surface area contributed by atoms with Crippen molar-refractivity contribution in [3.05, 3.63) is 66.9 Å². The summed E-state index contributed by atoms with van der Waals surface area (Å²) in [6, 6.07) is 3.60. The summed E-state index contributed by atoms with van der Waals surface area (Å²) in [6.07, 6.45) is 0. The second-order valence-electron chi connectivity index (χ2n) is 5.12. The van der Waals surface area contributed by atoms with E-state index in [0.717, 1.165) is 5.76 Å². The molecule has 0 unspecified atom stereocenters. The Bertz CT molecular complexity index is 836. The van der Waals surface area contributed by atoms with Crippen LogP contribution < -0.4 is 11.1 Å². The van der Waals surface area contributed by atoms with Gasteiger partial charge in [0.15, 0.2) is 0 Å². The Labute approximate surface area is 119 Å². The minimum absolute atomic E-state index is 0.258. The van der Waals surface area contributed by atoms with E-state index >= 15 is 0 Å². The quantitative estimate of drug-likeness (QED) is 0.585. The number of aryl methyl sites for hydroxylation is 3. The topological polar surface area (TPSA) is 110 Å². The molecule has 0 aliphatic rings. The Balaban J connectivity index is 2.31. The molecule has 3 rings (SSSR count). The Hall–Kier alpha value is -2.70. The Kier molecular flexibility index (Phi) is 2.97. The van der Waals surface area contributed by atoms with E-state index < -0.39 is 5.92 Å². The second-order valence-corrected chi connectivity index (χ2v) is 5.12. The van der Waals surface area contributed by atoms with Gasteiger partial charge in [-0.3, -0.25) is 19.8 Å². The number of aromatic nitrogens is 4. The van der Waals surface area contributed by atoms with Crippen LogP contribution in [0.3, 0.4) is 0 Å². The minimum atomic E-state index is -0.552. The molecule has 0 saturated carbocycles. The molecule has 110 valence electrons. The lowest BCUT2D eigenvalue weighted by molar-refractivity contribution is 0.476. The number of rotatable bonds is 3. The SMILES string of the molecule is Cc1ccc(C(c2c(C)[nH][nH]c2=O)c2c(C)[nH][nH]c2=O)o1. The molecule has 3 aromatic heterocycles. The third-order valence-electron chi connectivity index (χ3n) is 3.65. The van der Waals surface area contributed by atoms with Crippen LogP contribution >= 0.6 is 0 Å². The molecule has 0 bridgehead atoms. The van der Waals surface area contributed by atoms with Gasteiger partial charge in [0, 0.05) is 11.4 Å². The van der Waals surface area contributed by atoms with Crippen LogP contribution in [0.25, 0.3) is 0 Å². The first-order valence-corrected chi connectivity index (χ1v) is 6.59. The van der Waals surface area contributed by atoms with Gasteiger partial charge in [0.2, 0.25) is 0 Å². The van der Waals surface area contributed by atoms with Gasteiger partial charge in [-0.15, -0.1) is 0 Å². The van der Waals surface area contributed by atoms with Crippen LogP contribution in [0.15, 0.2) is 26.1 Å². The molecule has 0 amide bonds. The van der Waals surface area contributed by atoms with Crippen LogP contribution in [-0.4, -0.2) is 20.4 Å². The first kappa shape index (κ1) is 13.3. The zero-order valence-corrected chi connectivity index (χ0v) is 12.0. The fourth-order valence-corrected chi connectivity index (χ4v) is 2.64. The van der Waals surface area contributed by atoms with E-state index in [4.69, 9.17) is 4.42 Å². The molecular formula is C14H16N4O3. The molecule has 0 aromatic carbocycles. The van der Waals surface area contributed by atoms with Crippen molar-refractivity contribution in [1.29, 1.82) is 0 Å². The zero-order valence-electron chi connectivity index (χ0n) is 12.0. The number of furan rings is 1. The maximum atomic E-state index is 12.1. The van der Waals surface area contributed by atoms with Crippen molar-refractivity contribution in [2.24, 2.45) is 0 Å². The van der Waals surface area contributed by atoms with Crippen molar-refractivity contribution in [2.75, 3.05) is 0 Å². The van der Waals surface area contributed by atoms with Gasteiger partial charge < -0.3 is 14.6 Å². The summed E-state index contributed by atoms with van der Waals surface area (Å²) < 4.78 is 5.68. The lowest BCUT2D eigenvalue weighted by atomic mass is 9.89. The number of aromatic amines is 4. The number of hydrogen-bond acceptors (Lipinski definition) is 3. The third-order valence-corrected chi connectivity index (χ3v) is 3.65. The summed E-state index contributed by atoms with van der Waals surface area (Å²) >= 11 is 0. The highest BCUT2D eigenvalue weighted by Gasteiger charge is 2.30. The normalized spacial score (nSPS) is 11.4. The second kappa shape index (κ2) is 4.69. The number of hydrogen-bond donors (Lipinski definition) is 4. The summed E-state index contributed by atoms with van der Waals surface area (Å²) in [5.74, 6) is 0.738. The van der Waals surface area contributed by atoms with Gasteiger partial charge in [0.05, 0.1) is 17.0 Å². The molecule has 4 N–H and O–H groups in total. The van der Waals surface area contributed by atoms with Crippen molar-refractivity contribution in [2.45, 2.75) is 26.7 Å². The van der Waals surface area contributed by atoms with Gasteiger partial charge in [-0.25, -0.2) is 0 Å². The average Bonchev–Trinajstić information content (AvgIpc) is 3.09. The predicted octanol–water partition coefficient (Wildman–Crippen LogP) is 1.42. The fourth-order valence-electron chi connectivity index (χ4n) is 2.64. The molecule has 7 heteroatoms. The van der Waals surface area contributed by atoms with Gasteiger partial charge in [0.1, 0.15) is 11.5 Å². The van der Waals surface area contributed by atoms with Gasteiger partial charge in [-0.2, -0.15) is 0 Å². The van der Waals surface area contributed by atoms with E-state index in [9.17, 15) is 9.59 Å². The molecule has 3 aromatic rings. The average molecular weight is 288 g/mol. The number of H-pyrrole nitrogens is 4. The highest BCUT2D eigenvalue weighted by atomic mass is 16.3. The molecular weight excluding hydrogens is 272 g/mol. The van der Waals surface area contributed by atoms with E-state index in [1.807, 2.05) is 13.0 Å². The van der Waals surface area contributed by atoms with E-state index in [1.165, 1.54) is 0 Å². The maximum absolute atomic E-state index is 12.1. The zero-order chi connectivity index (χ0) is 15.1. The molecule has 0 spiro atoms. The molecule has 0 fully saturated rings. The Morgan fingerprint density at radius 2 is 1.38 bits per heavy atom. The van der Waals surface area contributed by atoms with Gasteiger partial charge in [0.25, 0.3) is 11.1 Å². The summed E-state index contributed by atoms with van der Waals surface area (Å²) in [5.41, 5.74) is 1.81. The van der Waals surface area contributed by atoms with E-state index in [2.05, 4.69) is 20.4 Å². The van der Waals surface area contributed by atoms with Crippen molar-refractivity contribution in [1.82, 2.24) is 20.4 Å². The van der Waals surface area contributed by atoms with Crippen LogP contribution in [0.4, 0.5) is 0 Å². The van der Waals surface area contributed by atoms with E-state index in [1.54, 1.807) is 19.9 Å². The van der Waals surface area contributed by atoms with Crippen molar-refractivity contribution >= 4 is 0 Å². The molecule has 0 atom stereocenters. The lowest BCUT2D eigenvalue weighted by Gasteiger charge is -2.12.